The molecule has 0 radical (unpaired) electrons. The molecule has 0 amide bonds. The highest BCUT2D eigenvalue weighted by atomic mass is 14.6. The molecule has 0 N–H and O–H groups in total. The summed E-state index contributed by atoms with van der Waals surface area (Å²) in [5, 5.41) is 0. The van der Waals surface area contributed by atoms with E-state index in [1.54, 1.807) is 0 Å². The summed E-state index contributed by atoms with van der Waals surface area (Å²) in [7, 11) is 0. The van der Waals surface area contributed by atoms with Crippen molar-refractivity contribution in [3.63, 3.8) is 0 Å². The van der Waals surface area contributed by atoms with Gasteiger partial charge in [0.15, 0.2) is 0 Å². The van der Waals surface area contributed by atoms with Crippen LogP contribution in [0.1, 0.15) is 39.0 Å². The van der Waals surface area contributed by atoms with Crippen molar-refractivity contribution in [2.24, 2.45) is 17.3 Å². The molecule has 62 valence electrons. The monoisotopic (exact) mass is 150 g/mol. The van der Waals surface area contributed by atoms with Crippen LogP contribution in [0.3, 0.4) is 0 Å². The lowest BCUT2D eigenvalue weighted by molar-refractivity contribution is 0.480. The van der Waals surface area contributed by atoms with Gasteiger partial charge >= 0.3 is 0 Å². The molecule has 2 atom stereocenters. The summed E-state index contributed by atoms with van der Waals surface area (Å²) in [4.78, 5) is 0. The fraction of sp³-hybridized carbons (Fsp3) is 0.818. The van der Waals surface area contributed by atoms with Crippen LogP contribution >= 0.6 is 0 Å². The van der Waals surface area contributed by atoms with Crippen LogP contribution in [-0.2, 0) is 0 Å². The second-order valence-electron chi connectivity index (χ2n) is 4.50. The van der Waals surface area contributed by atoms with Gasteiger partial charge in [0.2, 0.25) is 0 Å². The Morgan fingerprint density at radius 2 is 1.91 bits per heavy atom. The van der Waals surface area contributed by atoms with Crippen LogP contribution in [0.15, 0.2) is 12.7 Å². The Balaban J connectivity index is 2.01. The van der Waals surface area contributed by atoms with Crippen LogP contribution in [0.5, 0.6) is 0 Å². The summed E-state index contributed by atoms with van der Waals surface area (Å²) in [6, 6.07) is 0. The topological polar surface area (TPSA) is 0 Å². The Bertz CT molecular complexity index is 157. The maximum atomic E-state index is 3.84. The number of hydrogen-bond donors (Lipinski definition) is 0. The molecule has 2 rings (SSSR count). The Labute approximate surface area is 69.7 Å². The lowest BCUT2D eigenvalue weighted by Crippen LogP contribution is -1.95. The van der Waals surface area contributed by atoms with Gasteiger partial charge in [-0.3, -0.25) is 0 Å². The Hall–Kier alpha value is -0.260. The van der Waals surface area contributed by atoms with Gasteiger partial charge in [0.05, 0.1) is 0 Å². The van der Waals surface area contributed by atoms with Crippen LogP contribution in [0.4, 0.5) is 0 Å². The molecule has 2 unspecified atom stereocenters. The van der Waals surface area contributed by atoms with Gasteiger partial charge in [-0.05, 0) is 36.5 Å². The molecule has 2 saturated carbocycles. The molecular weight excluding hydrogens is 132 g/mol. The molecule has 0 heteroatoms. The van der Waals surface area contributed by atoms with Crippen LogP contribution in [-0.4, -0.2) is 0 Å². The van der Waals surface area contributed by atoms with E-state index in [0.29, 0.717) is 5.41 Å². The van der Waals surface area contributed by atoms with Crippen molar-refractivity contribution in [3.05, 3.63) is 12.7 Å². The maximum absolute atomic E-state index is 3.84. The van der Waals surface area contributed by atoms with Crippen LogP contribution in [0.2, 0.25) is 0 Å². The van der Waals surface area contributed by atoms with Gasteiger partial charge < -0.3 is 0 Å². The Morgan fingerprint density at radius 1 is 1.36 bits per heavy atom. The van der Waals surface area contributed by atoms with E-state index in [2.05, 4.69) is 19.6 Å². The first-order chi connectivity index (χ1) is 5.29. The number of fused-ring (bicyclic) bond motifs is 1. The first kappa shape index (κ1) is 7.39. The second kappa shape index (κ2) is 2.36. The van der Waals surface area contributed by atoms with Gasteiger partial charge in [-0.15, -0.1) is 6.58 Å². The van der Waals surface area contributed by atoms with E-state index >= 15 is 0 Å². The minimum atomic E-state index is 0.679. The molecule has 0 heterocycles. The first-order valence-corrected chi connectivity index (χ1v) is 4.90. The van der Waals surface area contributed by atoms with Crippen molar-refractivity contribution < 1.29 is 0 Å². The highest BCUT2D eigenvalue weighted by Crippen LogP contribution is 2.67. The smallest absolute Gasteiger partial charge is 0.0229 e. The number of allylic oxidation sites excluding steroid dienone is 1. The third-order valence-corrected chi connectivity index (χ3v) is 3.94. The standard InChI is InChI=1S/C11H18/c1-3-8-11(2)9-6-4-5-7-10(9)11/h3,9-10H,1,4-8H2,2H3. The zero-order chi connectivity index (χ0) is 7.90. The van der Waals surface area contributed by atoms with E-state index in [1.807, 2.05) is 0 Å². The SMILES string of the molecule is C=CCC1(C)C2CCCCC21. The summed E-state index contributed by atoms with van der Waals surface area (Å²) < 4.78 is 0. The largest absolute Gasteiger partial charge is 0.103 e. The predicted octanol–water partition coefficient (Wildman–Crippen LogP) is 3.39. The van der Waals surface area contributed by atoms with E-state index in [1.165, 1.54) is 32.1 Å². The van der Waals surface area contributed by atoms with E-state index in [-0.39, 0.29) is 0 Å². The molecule has 0 aromatic carbocycles. The summed E-state index contributed by atoms with van der Waals surface area (Å²) >= 11 is 0. The highest BCUT2D eigenvalue weighted by molar-refractivity contribution is 5.10. The third-order valence-electron chi connectivity index (χ3n) is 3.94. The van der Waals surface area contributed by atoms with Crippen LogP contribution < -0.4 is 0 Å². The summed E-state index contributed by atoms with van der Waals surface area (Å²) in [6.45, 7) is 6.30. The van der Waals surface area contributed by atoms with Crippen LogP contribution in [0, 0.1) is 17.3 Å². The van der Waals surface area contributed by atoms with Crippen molar-refractivity contribution in [1.82, 2.24) is 0 Å². The second-order valence-corrected chi connectivity index (χ2v) is 4.50. The summed E-state index contributed by atoms with van der Waals surface area (Å²) in [5.74, 6) is 2.13. The third kappa shape index (κ3) is 0.953. The van der Waals surface area contributed by atoms with E-state index < -0.39 is 0 Å². The summed E-state index contributed by atoms with van der Waals surface area (Å²) in [5.41, 5.74) is 0.679. The van der Waals surface area contributed by atoms with Gasteiger partial charge in [0.25, 0.3) is 0 Å². The van der Waals surface area contributed by atoms with Gasteiger partial charge in [-0.2, -0.15) is 0 Å². The van der Waals surface area contributed by atoms with Crippen molar-refractivity contribution in [1.29, 1.82) is 0 Å². The zero-order valence-electron chi connectivity index (χ0n) is 7.47. The van der Waals surface area contributed by atoms with Crippen LogP contribution in [0.25, 0.3) is 0 Å². The highest BCUT2D eigenvalue weighted by Gasteiger charge is 2.59. The molecule has 0 spiro atoms. The molecule has 0 aromatic rings. The molecule has 2 aliphatic rings. The Kier molecular flexibility index (Phi) is 1.59. The van der Waals surface area contributed by atoms with Gasteiger partial charge in [-0.1, -0.05) is 25.8 Å². The van der Waals surface area contributed by atoms with Crippen molar-refractivity contribution in [3.8, 4) is 0 Å². The molecule has 2 aliphatic carbocycles. The van der Waals surface area contributed by atoms with Crippen molar-refractivity contribution >= 4 is 0 Å². The molecule has 2 fully saturated rings. The minimum absolute atomic E-state index is 0.679. The Morgan fingerprint density at radius 3 is 2.36 bits per heavy atom. The fourth-order valence-corrected chi connectivity index (χ4v) is 3.17. The average molecular weight is 150 g/mol. The molecule has 0 aromatic heterocycles. The number of rotatable bonds is 2. The van der Waals surface area contributed by atoms with Crippen molar-refractivity contribution in [2.45, 2.75) is 39.0 Å². The first-order valence-electron chi connectivity index (χ1n) is 4.90. The van der Waals surface area contributed by atoms with Gasteiger partial charge in [0, 0.05) is 0 Å². The maximum Gasteiger partial charge on any atom is -0.0229 e. The van der Waals surface area contributed by atoms with Gasteiger partial charge in [-0.25, -0.2) is 0 Å². The lowest BCUT2D eigenvalue weighted by Gasteiger charge is -2.05. The summed E-state index contributed by atoms with van der Waals surface area (Å²) in [6.07, 6.45) is 9.31. The zero-order valence-corrected chi connectivity index (χ0v) is 7.47. The van der Waals surface area contributed by atoms with Gasteiger partial charge in [0.1, 0.15) is 0 Å². The molecule has 0 saturated heterocycles. The van der Waals surface area contributed by atoms with Crippen molar-refractivity contribution in [2.75, 3.05) is 0 Å². The van der Waals surface area contributed by atoms with E-state index in [4.69, 9.17) is 0 Å². The molecule has 0 bridgehead atoms. The van der Waals surface area contributed by atoms with E-state index in [0.717, 1.165) is 11.8 Å². The molecule has 0 aliphatic heterocycles. The average Bonchev–Trinajstić information content (AvgIpc) is 2.60. The van der Waals surface area contributed by atoms with E-state index in [9.17, 15) is 0 Å². The lowest BCUT2D eigenvalue weighted by atomic mass is 10.00. The normalized spacial score (nSPS) is 48.1. The minimum Gasteiger partial charge on any atom is -0.103 e. The molecule has 0 nitrogen and oxygen atoms in total. The molecular formula is C11H18. The fourth-order valence-electron chi connectivity index (χ4n) is 3.17. The quantitative estimate of drug-likeness (QED) is 0.529. The number of hydrogen-bond acceptors (Lipinski definition) is 0. The molecule has 11 heavy (non-hydrogen) atoms. The predicted molar refractivity (Wildman–Crippen MR) is 48.4 cm³/mol.